The van der Waals surface area contributed by atoms with Crippen LogP contribution in [0.5, 0.6) is 11.6 Å². The first-order valence-corrected chi connectivity index (χ1v) is 12.3. The second kappa shape index (κ2) is 10.4. The third-order valence-corrected chi connectivity index (χ3v) is 7.23. The molecule has 1 saturated heterocycles. The van der Waals surface area contributed by atoms with Gasteiger partial charge in [0.05, 0.1) is 18.1 Å². The molecule has 0 saturated carbocycles. The molecule has 4 aromatic rings. The molecule has 9 nitrogen and oxygen atoms in total. The molecular weight excluding hydrogens is 458 g/mol. The Bertz CT molecular complexity index is 1260. The van der Waals surface area contributed by atoms with Crippen LogP contribution in [-0.2, 0) is 11.2 Å². The van der Waals surface area contributed by atoms with Crippen LogP contribution in [0.1, 0.15) is 19.4 Å². The lowest BCUT2D eigenvalue weighted by Gasteiger charge is -2.45. The molecule has 5 rings (SSSR count). The summed E-state index contributed by atoms with van der Waals surface area (Å²) in [5, 5.41) is 18.8. The quantitative estimate of drug-likeness (QED) is 0.364. The van der Waals surface area contributed by atoms with Gasteiger partial charge in [0.2, 0.25) is 5.88 Å². The van der Waals surface area contributed by atoms with Gasteiger partial charge in [0.15, 0.2) is 0 Å². The second-order valence-corrected chi connectivity index (χ2v) is 9.43. The summed E-state index contributed by atoms with van der Waals surface area (Å²) >= 11 is 0. The van der Waals surface area contributed by atoms with Crippen molar-refractivity contribution in [3.63, 3.8) is 0 Å². The molecule has 190 valence electrons. The molecule has 2 atom stereocenters. The van der Waals surface area contributed by atoms with Crippen molar-refractivity contribution < 1.29 is 19.0 Å². The summed E-state index contributed by atoms with van der Waals surface area (Å²) in [6.45, 7) is 8.11. The number of nitrogens with one attached hydrogen (secondary N) is 1. The molecule has 1 aromatic carbocycles. The number of methoxy groups -OCH3 is 1. The number of aliphatic hydroxyl groups is 1. The summed E-state index contributed by atoms with van der Waals surface area (Å²) < 4.78 is 17.2. The van der Waals surface area contributed by atoms with Crippen molar-refractivity contribution >= 4 is 11.0 Å². The van der Waals surface area contributed by atoms with E-state index in [0.717, 1.165) is 61.4 Å². The molecule has 36 heavy (non-hydrogen) atoms. The average Bonchev–Trinajstić information content (AvgIpc) is 3.58. The van der Waals surface area contributed by atoms with Gasteiger partial charge in [-0.2, -0.15) is 5.10 Å². The van der Waals surface area contributed by atoms with Crippen LogP contribution in [0.2, 0.25) is 0 Å². The SMILES string of the molecule is COC(C)C(C)(O)N1CCN(CCc2coc3cc(Oc4ccc(-c5ccn[nH]5)cn4)ccc23)CC1. The average molecular weight is 492 g/mol. The van der Waals surface area contributed by atoms with Crippen molar-refractivity contribution in [2.75, 3.05) is 39.8 Å². The van der Waals surface area contributed by atoms with Crippen LogP contribution in [0, 0.1) is 0 Å². The minimum atomic E-state index is -0.960. The van der Waals surface area contributed by atoms with E-state index in [-0.39, 0.29) is 6.10 Å². The Balaban J connectivity index is 1.16. The fourth-order valence-corrected chi connectivity index (χ4v) is 4.64. The Morgan fingerprint density at radius 1 is 1.17 bits per heavy atom. The van der Waals surface area contributed by atoms with E-state index in [9.17, 15) is 5.11 Å². The van der Waals surface area contributed by atoms with E-state index >= 15 is 0 Å². The minimum Gasteiger partial charge on any atom is -0.464 e. The van der Waals surface area contributed by atoms with Crippen molar-refractivity contribution in [2.45, 2.75) is 32.1 Å². The maximum atomic E-state index is 10.8. The number of fused-ring (bicyclic) bond motifs is 1. The van der Waals surface area contributed by atoms with Crippen molar-refractivity contribution in [1.82, 2.24) is 25.0 Å². The number of hydrogen-bond donors (Lipinski definition) is 2. The van der Waals surface area contributed by atoms with Gasteiger partial charge < -0.3 is 23.9 Å². The van der Waals surface area contributed by atoms with Crippen molar-refractivity contribution in [2.24, 2.45) is 0 Å². The fraction of sp³-hybridized carbons (Fsp3) is 0.407. The number of hydrogen-bond acceptors (Lipinski definition) is 8. The third kappa shape index (κ3) is 5.15. The monoisotopic (exact) mass is 491 g/mol. The first kappa shape index (κ1) is 24.5. The molecule has 2 unspecified atom stereocenters. The number of H-pyrrole nitrogens is 1. The van der Waals surface area contributed by atoms with Crippen LogP contribution >= 0.6 is 0 Å². The first-order valence-electron chi connectivity index (χ1n) is 12.3. The highest BCUT2D eigenvalue weighted by atomic mass is 16.5. The van der Waals surface area contributed by atoms with E-state index in [1.165, 1.54) is 5.56 Å². The number of nitrogens with zero attached hydrogens (tertiary/aromatic N) is 4. The number of benzene rings is 1. The van der Waals surface area contributed by atoms with E-state index < -0.39 is 5.72 Å². The largest absolute Gasteiger partial charge is 0.464 e. The van der Waals surface area contributed by atoms with E-state index in [0.29, 0.717) is 11.6 Å². The highest BCUT2D eigenvalue weighted by Crippen LogP contribution is 2.29. The molecule has 0 bridgehead atoms. The molecule has 0 aliphatic carbocycles. The van der Waals surface area contributed by atoms with Gasteiger partial charge in [-0.05, 0) is 50.1 Å². The maximum Gasteiger partial charge on any atom is 0.219 e. The van der Waals surface area contributed by atoms with Gasteiger partial charge in [-0.25, -0.2) is 4.98 Å². The van der Waals surface area contributed by atoms with Crippen LogP contribution < -0.4 is 4.74 Å². The van der Waals surface area contributed by atoms with Crippen LogP contribution in [0.4, 0.5) is 0 Å². The minimum absolute atomic E-state index is 0.243. The number of piperazine rings is 1. The number of aromatic nitrogens is 3. The lowest BCUT2D eigenvalue weighted by atomic mass is 10.1. The van der Waals surface area contributed by atoms with Crippen molar-refractivity contribution in [3.05, 3.63) is 60.6 Å². The summed E-state index contributed by atoms with van der Waals surface area (Å²) in [6.07, 6.45) is 5.96. The molecule has 0 radical (unpaired) electrons. The zero-order valence-corrected chi connectivity index (χ0v) is 21.0. The Labute approximate surface area is 210 Å². The number of pyridine rings is 1. The molecular formula is C27H33N5O4. The second-order valence-electron chi connectivity index (χ2n) is 9.43. The topological polar surface area (TPSA) is 99.9 Å². The van der Waals surface area contributed by atoms with Crippen LogP contribution in [0.3, 0.4) is 0 Å². The number of furan rings is 1. The highest BCUT2D eigenvalue weighted by molar-refractivity contribution is 5.82. The van der Waals surface area contributed by atoms with Crippen LogP contribution in [0.15, 0.2) is 59.5 Å². The zero-order valence-electron chi connectivity index (χ0n) is 21.0. The Kier molecular flexibility index (Phi) is 7.06. The number of ether oxygens (including phenoxy) is 2. The standard InChI is InChI=1S/C27H33N5O4/c1-19(34-3)27(2,33)32-14-12-31(13-15-32)11-9-21-18-35-25-16-22(5-6-23(21)25)36-26-7-4-20(17-28-26)24-8-10-29-30-24/h4-8,10,16-19,33H,9,11-15H2,1-3H3,(H,29,30). The van der Waals surface area contributed by atoms with Gasteiger partial charge in [-0.3, -0.25) is 10.00 Å². The predicted molar refractivity (Wildman–Crippen MR) is 137 cm³/mol. The molecule has 0 amide bonds. The predicted octanol–water partition coefficient (Wildman–Crippen LogP) is 3.91. The van der Waals surface area contributed by atoms with Gasteiger partial charge in [-0.15, -0.1) is 0 Å². The summed E-state index contributed by atoms with van der Waals surface area (Å²) in [6, 6.07) is 11.6. The molecule has 4 heterocycles. The smallest absolute Gasteiger partial charge is 0.219 e. The molecule has 1 aliphatic rings. The molecule has 2 N–H and O–H groups in total. The molecule has 9 heteroatoms. The third-order valence-electron chi connectivity index (χ3n) is 7.23. The Hall–Kier alpha value is -3.24. The van der Waals surface area contributed by atoms with Crippen molar-refractivity contribution in [1.29, 1.82) is 0 Å². The summed E-state index contributed by atoms with van der Waals surface area (Å²) in [5.41, 5.74) is 2.88. The van der Waals surface area contributed by atoms with Gasteiger partial charge in [0.1, 0.15) is 17.1 Å². The van der Waals surface area contributed by atoms with Gasteiger partial charge in [0.25, 0.3) is 0 Å². The van der Waals surface area contributed by atoms with Crippen LogP contribution in [-0.4, -0.2) is 81.8 Å². The number of aromatic amines is 1. The van der Waals surface area contributed by atoms with E-state index in [2.05, 4.69) is 25.0 Å². The lowest BCUT2D eigenvalue weighted by Crippen LogP contribution is -2.60. The molecule has 1 fully saturated rings. The van der Waals surface area contributed by atoms with Gasteiger partial charge >= 0.3 is 0 Å². The van der Waals surface area contributed by atoms with E-state index in [4.69, 9.17) is 13.9 Å². The van der Waals surface area contributed by atoms with E-state index in [1.54, 1.807) is 19.5 Å². The summed E-state index contributed by atoms with van der Waals surface area (Å²) in [5.74, 6) is 1.20. The molecule has 3 aromatic heterocycles. The van der Waals surface area contributed by atoms with Gasteiger partial charge in [-0.1, -0.05) is 0 Å². The summed E-state index contributed by atoms with van der Waals surface area (Å²) in [4.78, 5) is 8.93. The lowest BCUT2D eigenvalue weighted by molar-refractivity contribution is -0.179. The highest BCUT2D eigenvalue weighted by Gasteiger charge is 2.37. The maximum absolute atomic E-state index is 10.8. The fourth-order valence-electron chi connectivity index (χ4n) is 4.64. The van der Waals surface area contributed by atoms with Crippen LogP contribution in [0.25, 0.3) is 22.2 Å². The van der Waals surface area contributed by atoms with E-state index in [1.807, 2.05) is 56.5 Å². The number of rotatable bonds is 9. The summed E-state index contributed by atoms with van der Waals surface area (Å²) in [7, 11) is 1.64. The zero-order chi connectivity index (χ0) is 25.1. The molecule has 1 aliphatic heterocycles. The molecule has 0 spiro atoms. The first-order chi connectivity index (χ1) is 17.4. The normalized spacial score (nSPS) is 17.8. The Morgan fingerprint density at radius 3 is 2.69 bits per heavy atom. The van der Waals surface area contributed by atoms with Gasteiger partial charge in [0, 0.05) is 75.3 Å². The Morgan fingerprint density at radius 2 is 2.00 bits per heavy atom. The van der Waals surface area contributed by atoms with Crippen molar-refractivity contribution in [3.8, 4) is 22.9 Å².